The van der Waals surface area contributed by atoms with Crippen molar-refractivity contribution in [3.63, 3.8) is 0 Å². The number of benzene rings is 1. The molecule has 1 aromatic carbocycles. The van der Waals surface area contributed by atoms with Crippen LogP contribution in [0, 0.1) is 18.3 Å². The van der Waals surface area contributed by atoms with Gasteiger partial charge in [-0.05, 0) is 63.1 Å². The minimum Gasteiger partial charge on any atom is -0.496 e. The molecule has 0 saturated heterocycles. The molecule has 1 saturated carbocycles. The van der Waals surface area contributed by atoms with E-state index in [1.165, 1.54) is 12.0 Å². The number of hydrogen-bond acceptors (Lipinski definition) is 3. The van der Waals surface area contributed by atoms with Crippen molar-refractivity contribution in [2.75, 3.05) is 13.7 Å². The lowest BCUT2D eigenvalue weighted by molar-refractivity contribution is -0.154. The monoisotopic (exact) mass is 318 g/mol. The lowest BCUT2D eigenvalue weighted by Crippen LogP contribution is -2.33. The minimum absolute atomic E-state index is 0.0647. The zero-order valence-corrected chi connectivity index (χ0v) is 15.4. The van der Waals surface area contributed by atoms with Crippen LogP contribution in [-0.2, 0) is 14.9 Å². The van der Waals surface area contributed by atoms with Crippen LogP contribution in [0.3, 0.4) is 0 Å². The first-order chi connectivity index (χ1) is 10.7. The maximum absolute atomic E-state index is 12.1. The molecule has 3 nitrogen and oxygen atoms in total. The third-order valence-corrected chi connectivity index (χ3v) is 5.23. The Labute approximate surface area is 140 Å². The Morgan fingerprint density at radius 2 is 2.04 bits per heavy atom. The van der Waals surface area contributed by atoms with Crippen LogP contribution in [0.1, 0.15) is 58.1 Å². The molecule has 128 valence electrons. The van der Waals surface area contributed by atoms with E-state index in [1.807, 2.05) is 26.8 Å². The molecule has 0 bridgehead atoms. The van der Waals surface area contributed by atoms with Crippen LogP contribution in [0.5, 0.6) is 5.75 Å². The average molecular weight is 318 g/mol. The Kier molecular flexibility index (Phi) is 5.07. The van der Waals surface area contributed by atoms with Gasteiger partial charge in [0.1, 0.15) is 5.75 Å². The van der Waals surface area contributed by atoms with Gasteiger partial charge in [-0.3, -0.25) is 4.79 Å². The predicted octanol–water partition coefficient (Wildman–Crippen LogP) is 4.65. The molecule has 3 heteroatoms. The molecule has 0 N–H and O–H groups in total. The van der Waals surface area contributed by atoms with E-state index in [2.05, 4.69) is 26.0 Å². The van der Waals surface area contributed by atoms with Gasteiger partial charge < -0.3 is 9.47 Å². The van der Waals surface area contributed by atoms with E-state index in [0.717, 1.165) is 24.2 Å². The quantitative estimate of drug-likeness (QED) is 0.758. The summed E-state index contributed by atoms with van der Waals surface area (Å²) in [5.74, 6) is 1.19. The summed E-state index contributed by atoms with van der Waals surface area (Å²) in [6, 6.07) is 6.44. The van der Waals surface area contributed by atoms with Crippen molar-refractivity contribution in [2.24, 2.45) is 11.3 Å². The molecule has 0 aliphatic heterocycles. The van der Waals surface area contributed by atoms with Crippen LogP contribution in [-0.4, -0.2) is 19.7 Å². The number of methoxy groups -OCH3 is 1. The van der Waals surface area contributed by atoms with Crippen molar-refractivity contribution in [3.8, 4) is 5.75 Å². The highest BCUT2D eigenvalue weighted by atomic mass is 16.5. The number of ether oxygens (including phenoxy) is 2. The van der Waals surface area contributed by atoms with Gasteiger partial charge in [0.05, 0.1) is 19.1 Å². The van der Waals surface area contributed by atoms with Crippen LogP contribution in [0.2, 0.25) is 0 Å². The summed E-state index contributed by atoms with van der Waals surface area (Å²) in [5, 5.41) is 0. The van der Waals surface area contributed by atoms with Gasteiger partial charge in [0.25, 0.3) is 0 Å². The third kappa shape index (κ3) is 3.70. The van der Waals surface area contributed by atoms with Gasteiger partial charge in [-0.15, -0.1) is 0 Å². The highest BCUT2D eigenvalue weighted by molar-refractivity contribution is 5.75. The fraction of sp³-hybridized carbons (Fsp3) is 0.650. The van der Waals surface area contributed by atoms with Crippen LogP contribution in [0.15, 0.2) is 18.2 Å². The molecule has 1 aliphatic carbocycles. The van der Waals surface area contributed by atoms with Crippen molar-refractivity contribution < 1.29 is 14.3 Å². The van der Waals surface area contributed by atoms with Crippen LogP contribution >= 0.6 is 0 Å². The summed E-state index contributed by atoms with van der Waals surface area (Å²) in [6.07, 6.45) is 3.43. The second-order valence-corrected chi connectivity index (χ2v) is 8.04. The normalized spacial score (nSPS) is 24.5. The van der Waals surface area contributed by atoms with Gasteiger partial charge >= 0.3 is 5.97 Å². The van der Waals surface area contributed by atoms with E-state index in [0.29, 0.717) is 12.5 Å². The first-order valence-electron chi connectivity index (χ1n) is 8.51. The number of rotatable bonds is 4. The first kappa shape index (κ1) is 17.8. The van der Waals surface area contributed by atoms with E-state index in [-0.39, 0.29) is 11.4 Å². The third-order valence-electron chi connectivity index (χ3n) is 5.23. The molecular formula is C20H30O3. The zero-order valence-electron chi connectivity index (χ0n) is 15.4. The molecule has 2 rings (SSSR count). The van der Waals surface area contributed by atoms with E-state index in [4.69, 9.17) is 9.47 Å². The zero-order chi connectivity index (χ0) is 17.3. The van der Waals surface area contributed by atoms with E-state index < -0.39 is 5.41 Å². The van der Waals surface area contributed by atoms with Gasteiger partial charge in [0.2, 0.25) is 0 Å². The second kappa shape index (κ2) is 6.54. The molecule has 0 amide bonds. The van der Waals surface area contributed by atoms with Crippen LogP contribution in [0.25, 0.3) is 0 Å². The van der Waals surface area contributed by atoms with Crippen molar-refractivity contribution in [1.82, 2.24) is 0 Å². The lowest BCUT2D eigenvalue weighted by atomic mass is 9.74. The summed E-state index contributed by atoms with van der Waals surface area (Å²) in [5.41, 5.74) is 2.11. The topological polar surface area (TPSA) is 35.5 Å². The SMILES string of the molecule is COc1ccc(C2(C)CCCC2COC(=O)C(C)(C)C)cc1C. The maximum Gasteiger partial charge on any atom is 0.311 e. The number of carbonyl (C=O) groups is 1. The molecule has 2 unspecified atom stereocenters. The number of carbonyl (C=O) groups excluding carboxylic acids is 1. The number of hydrogen-bond donors (Lipinski definition) is 0. The van der Waals surface area contributed by atoms with Gasteiger partial charge in [0, 0.05) is 5.92 Å². The van der Waals surface area contributed by atoms with E-state index in [1.54, 1.807) is 7.11 Å². The molecule has 0 spiro atoms. The molecule has 1 fully saturated rings. The maximum atomic E-state index is 12.1. The fourth-order valence-electron chi connectivity index (χ4n) is 3.51. The fourth-order valence-corrected chi connectivity index (χ4v) is 3.51. The molecule has 0 heterocycles. The molecule has 23 heavy (non-hydrogen) atoms. The summed E-state index contributed by atoms with van der Waals surface area (Å²) >= 11 is 0. The number of esters is 1. The predicted molar refractivity (Wildman–Crippen MR) is 92.8 cm³/mol. The van der Waals surface area contributed by atoms with Gasteiger partial charge in [0.15, 0.2) is 0 Å². The summed E-state index contributed by atoms with van der Waals surface area (Å²) in [7, 11) is 1.70. The Hall–Kier alpha value is -1.51. The van der Waals surface area contributed by atoms with Crippen LogP contribution < -0.4 is 4.74 Å². The standard InChI is InChI=1S/C20H30O3/c1-14-12-15(9-10-17(14)22-6)20(5)11-7-8-16(20)13-23-18(21)19(2,3)4/h9-10,12,16H,7-8,11,13H2,1-6H3. The lowest BCUT2D eigenvalue weighted by Gasteiger charge is -2.33. The Bertz CT molecular complexity index is 571. The summed E-state index contributed by atoms with van der Waals surface area (Å²) in [6.45, 7) is 10.6. The first-order valence-corrected chi connectivity index (χ1v) is 8.51. The average Bonchev–Trinajstić information content (AvgIpc) is 2.86. The minimum atomic E-state index is -0.439. The molecule has 1 aromatic rings. The van der Waals surface area contributed by atoms with Crippen molar-refractivity contribution in [2.45, 2.75) is 59.3 Å². The van der Waals surface area contributed by atoms with E-state index >= 15 is 0 Å². The molecular weight excluding hydrogens is 288 g/mol. The highest BCUT2D eigenvalue weighted by Gasteiger charge is 2.41. The van der Waals surface area contributed by atoms with Crippen molar-refractivity contribution >= 4 is 5.97 Å². The van der Waals surface area contributed by atoms with Crippen LogP contribution in [0.4, 0.5) is 0 Å². The Morgan fingerprint density at radius 3 is 2.61 bits per heavy atom. The Morgan fingerprint density at radius 1 is 1.35 bits per heavy atom. The van der Waals surface area contributed by atoms with Gasteiger partial charge in [-0.1, -0.05) is 25.5 Å². The van der Waals surface area contributed by atoms with Gasteiger partial charge in [-0.2, -0.15) is 0 Å². The number of aryl methyl sites for hydroxylation is 1. The van der Waals surface area contributed by atoms with Gasteiger partial charge in [-0.25, -0.2) is 0 Å². The molecule has 0 radical (unpaired) electrons. The summed E-state index contributed by atoms with van der Waals surface area (Å²) < 4.78 is 11.0. The van der Waals surface area contributed by atoms with Crippen molar-refractivity contribution in [3.05, 3.63) is 29.3 Å². The van der Waals surface area contributed by atoms with Crippen molar-refractivity contribution in [1.29, 1.82) is 0 Å². The second-order valence-electron chi connectivity index (χ2n) is 8.04. The molecule has 2 atom stereocenters. The molecule has 1 aliphatic rings. The van der Waals surface area contributed by atoms with E-state index in [9.17, 15) is 4.79 Å². The largest absolute Gasteiger partial charge is 0.496 e. The molecule has 0 aromatic heterocycles. The Balaban J connectivity index is 2.16. The summed E-state index contributed by atoms with van der Waals surface area (Å²) in [4.78, 5) is 12.1. The smallest absolute Gasteiger partial charge is 0.311 e. The highest BCUT2D eigenvalue weighted by Crippen LogP contribution is 2.46.